The van der Waals surface area contributed by atoms with Gasteiger partial charge in [-0.1, -0.05) is 0 Å². The predicted octanol–water partition coefficient (Wildman–Crippen LogP) is -1.40. The van der Waals surface area contributed by atoms with Crippen molar-refractivity contribution in [1.29, 1.82) is 0 Å². The van der Waals surface area contributed by atoms with Crippen molar-refractivity contribution in [2.45, 2.75) is 58.3 Å². The van der Waals surface area contributed by atoms with E-state index in [4.69, 9.17) is 24.7 Å². The maximum Gasteiger partial charge on any atom is 0.303 e. The molecule has 1 fully saturated rings. The van der Waals surface area contributed by atoms with E-state index in [1.165, 1.54) is 13.8 Å². The zero-order valence-corrected chi connectivity index (χ0v) is 13.9. The Morgan fingerprint density at radius 3 is 1.96 bits per heavy atom. The van der Waals surface area contributed by atoms with E-state index in [2.05, 4.69) is 5.32 Å². The SMILES string of the molecule is CC(=O)NC1C(N)OC(COC(C)=O)C(OC(C)=O)C1OC(C)=O. The Kier molecular flexibility index (Phi) is 7.11. The Hall–Kier alpha value is -2.20. The summed E-state index contributed by atoms with van der Waals surface area (Å²) in [5, 5.41) is 2.51. The van der Waals surface area contributed by atoms with Gasteiger partial charge in [-0.15, -0.1) is 0 Å². The van der Waals surface area contributed by atoms with Crippen molar-refractivity contribution in [3.8, 4) is 0 Å². The molecule has 1 heterocycles. The Balaban J connectivity index is 3.11. The average molecular weight is 346 g/mol. The summed E-state index contributed by atoms with van der Waals surface area (Å²) in [4.78, 5) is 45.2. The standard InChI is InChI=1S/C14H22N2O8/c1-6(17)16-11-13(23-9(4)20)12(22-8(3)19)10(24-14(11)15)5-21-7(2)18/h10-14H,5,15H2,1-4H3,(H,16,17). The van der Waals surface area contributed by atoms with Gasteiger partial charge in [-0.25, -0.2) is 0 Å². The summed E-state index contributed by atoms with van der Waals surface area (Å²) in [6, 6.07) is -0.940. The highest BCUT2D eigenvalue weighted by molar-refractivity contribution is 5.73. The van der Waals surface area contributed by atoms with E-state index in [1.54, 1.807) is 0 Å². The number of carbonyl (C=O) groups is 4. The highest BCUT2D eigenvalue weighted by Gasteiger charge is 2.49. The molecule has 10 nitrogen and oxygen atoms in total. The van der Waals surface area contributed by atoms with E-state index in [9.17, 15) is 19.2 Å². The summed E-state index contributed by atoms with van der Waals surface area (Å²) in [6.07, 6.45) is -4.23. The largest absolute Gasteiger partial charge is 0.463 e. The van der Waals surface area contributed by atoms with Gasteiger partial charge >= 0.3 is 17.9 Å². The van der Waals surface area contributed by atoms with Gasteiger partial charge < -0.3 is 30.0 Å². The summed E-state index contributed by atoms with van der Waals surface area (Å²) >= 11 is 0. The van der Waals surface area contributed by atoms with Crippen molar-refractivity contribution in [1.82, 2.24) is 5.32 Å². The fourth-order valence-electron chi connectivity index (χ4n) is 2.37. The third kappa shape index (κ3) is 5.78. The van der Waals surface area contributed by atoms with Crippen LogP contribution in [0.5, 0.6) is 0 Å². The van der Waals surface area contributed by atoms with Crippen LogP contribution in [0.3, 0.4) is 0 Å². The molecule has 1 amide bonds. The molecule has 0 aromatic carbocycles. The molecular weight excluding hydrogens is 324 g/mol. The molecular formula is C14H22N2O8. The van der Waals surface area contributed by atoms with Crippen molar-refractivity contribution in [2.75, 3.05) is 6.61 Å². The van der Waals surface area contributed by atoms with Crippen LogP contribution >= 0.6 is 0 Å². The summed E-state index contributed by atoms with van der Waals surface area (Å²) < 4.78 is 20.7. The van der Waals surface area contributed by atoms with Gasteiger partial charge in [0.15, 0.2) is 12.2 Å². The van der Waals surface area contributed by atoms with Gasteiger partial charge in [0.2, 0.25) is 5.91 Å². The van der Waals surface area contributed by atoms with E-state index in [0.29, 0.717) is 0 Å². The smallest absolute Gasteiger partial charge is 0.303 e. The molecule has 10 heteroatoms. The number of nitrogens with two attached hydrogens (primary N) is 1. The van der Waals surface area contributed by atoms with Gasteiger partial charge in [0, 0.05) is 27.7 Å². The fraction of sp³-hybridized carbons (Fsp3) is 0.714. The van der Waals surface area contributed by atoms with Crippen molar-refractivity contribution >= 4 is 23.8 Å². The first-order valence-corrected chi connectivity index (χ1v) is 7.27. The number of rotatable bonds is 5. The molecule has 1 saturated heterocycles. The van der Waals surface area contributed by atoms with Gasteiger partial charge in [-0.3, -0.25) is 19.2 Å². The lowest BCUT2D eigenvalue weighted by molar-refractivity contribution is -0.222. The second-order valence-corrected chi connectivity index (χ2v) is 5.32. The molecule has 0 radical (unpaired) electrons. The Labute approximate surface area is 138 Å². The van der Waals surface area contributed by atoms with Crippen LogP contribution in [0.25, 0.3) is 0 Å². The summed E-state index contributed by atoms with van der Waals surface area (Å²) in [6.45, 7) is 4.52. The first-order chi connectivity index (χ1) is 11.1. The molecule has 3 N–H and O–H groups in total. The van der Waals surface area contributed by atoms with Crippen LogP contribution in [-0.4, -0.2) is 61.0 Å². The topological polar surface area (TPSA) is 143 Å². The van der Waals surface area contributed by atoms with Crippen molar-refractivity contribution in [3.05, 3.63) is 0 Å². The quantitative estimate of drug-likeness (QED) is 0.454. The second-order valence-electron chi connectivity index (χ2n) is 5.32. The normalized spacial score (nSPS) is 29.3. The molecule has 0 aromatic heterocycles. The van der Waals surface area contributed by atoms with Gasteiger partial charge in [-0.2, -0.15) is 0 Å². The van der Waals surface area contributed by atoms with E-state index in [-0.39, 0.29) is 6.61 Å². The third-order valence-corrected chi connectivity index (χ3v) is 3.15. The second kappa shape index (κ2) is 8.60. The molecule has 1 rings (SSSR count). The van der Waals surface area contributed by atoms with E-state index in [0.717, 1.165) is 13.8 Å². The monoisotopic (exact) mass is 346 g/mol. The van der Waals surface area contributed by atoms with Crippen LogP contribution in [-0.2, 0) is 38.1 Å². The zero-order chi connectivity index (χ0) is 18.4. The summed E-state index contributed by atoms with van der Waals surface area (Å²) in [5.41, 5.74) is 5.87. The lowest BCUT2D eigenvalue weighted by atomic mass is 9.95. The lowest BCUT2D eigenvalue weighted by Crippen LogP contribution is -2.68. The molecule has 5 unspecified atom stereocenters. The van der Waals surface area contributed by atoms with Crippen LogP contribution in [0.1, 0.15) is 27.7 Å². The van der Waals surface area contributed by atoms with Crippen molar-refractivity contribution in [2.24, 2.45) is 5.73 Å². The number of amides is 1. The highest BCUT2D eigenvalue weighted by Crippen LogP contribution is 2.25. The molecule has 1 aliphatic heterocycles. The number of carbonyl (C=O) groups excluding carboxylic acids is 4. The van der Waals surface area contributed by atoms with Crippen LogP contribution in [0.2, 0.25) is 0 Å². The minimum Gasteiger partial charge on any atom is -0.463 e. The Bertz CT molecular complexity index is 509. The number of hydrogen-bond acceptors (Lipinski definition) is 9. The molecule has 136 valence electrons. The number of ether oxygens (including phenoxy) is 4. The van der Waals surface area contributed by atoms with Crippen LogP contribution in [0.4, 0.5) is 0 Å². The molecule has 24 heavy (non-hydrogen) atoms. The fourth-order valence-corrected chi connectivity index (χ4v) is 2.37. The summed E-state index contributed by atoms with van der Waals surface area (Å²) in [5.74, 6) is -2.32. The molecule has 0 bridgehead atoms. The maximum atomic E-state index is 11.4. The predicted molar refractivity (Wildman–Crippen MR) is 78.2 cm³/mol. The van der Waals surface area contributed by atoms with E-state index < -0.39 is 54.4 Å². The average Bonchev–Trinajstić information content (AvgIpc) is 2.42. The van der Waals surface area contributed by atoms with Crippen molar-refractivity contribution in [3.63, 3.8) is 0 Å². The maximum absolute atomic E-state index is 11.4. The van der Waals surface area contributed by atoms with Crippen LogP contribution < -0.4 is 11.1 Å². The summed E-state index contributed by atoms with van der Waals surface area (Å²) in [7, 11) is 0. The van der Waals surface area contributed by atoms with E-state index in [1.807, 2.05) is 0 Å². The van der Waals surface area contributed by atoms with Crippen LogP contribution in [0.15, 0.2) is 0 Å². The molecule has 0 spiro atoms. The first-order valence-electron chi connectivity index (χ1n) is 7.27. The molecule has 0 aliphatic carbocycles. The minimum absolute atomic E-state index is 0.258. The van der Waals surface area contributed by atoms with E-state index >= 15 is 0 Å². The Morgan fingerprint density at radius 1 is 0.958 bits per heavy atom. The molecule has 5 atom stereocenters. The van der Waals surface area contributed by atoms with Crippen molar-refractivity contribution < 1.29 is 38.1 Å². The number of hydrogen-bond donors (Lipinski definition) is 2. The molecule has 0 aromatic rings. The number of nitrogens with one attached hydrogen (secondary N) is 1. The van der Waals surface area contributed by atoms with Gasteiger partial charge in [0.1, 0.15) is 25.0 Å². The Morgan fingerprint density at radius 2 is 1.50 bits per heavy atom. The molecule has 0 saturated carbocycles. The van der Waals surface area contributed by atoms with Crippen LogP contribution in [0, 0.1) is 0 Å². The molecule has 1 aliphatic rings. The van der Waals surface area contributed by atoms with Gasteiger partial charge in [-0.05, 0) is 0 Å². The lowest BCUT2D eigenvalue weighted by Gasteiger charge is -2.44. The van der Waals surface area contributed by atoms with Gasteiger partial charge in [0.05, 0.1) is 0 Å². The van der Waals surface area contributed by atoms with Gasteiger partial charge in [0.25, 0.3) is 0 Å². The highest BCUT2D eigenvalue weighted by atomic mass is 16.6. The number of esters is 3. The third-order valence-electron chi connectivity index (χ3n) is 3.15. The zero-order valence-electron chi connectivity index (χ0n) is 13.9. The minimum atomic E-state index is -1.11. The first kappa shape index (κ1) is 19.8.